The third kappa shape index (κ3) is 5.47. The summed E-state index contributed by atoms with van der Waals surface area (Å²) in [5.74, 6) is 0. The lowest BCUT2D eigenvalue weighted by Crippen LogP contribution is -2.22. The molecule has 0 N–H and O–H groups in total. The Bertz CT molecular complexity index is 2810. The van der Waals surface area contributed by atoms with E-state index in [2.05, 4.69) is 230 Å². The molecule has 1 nitrogen and oxygen atoms in total. The molecule has 55 heavy (non-hydrogen) atoms. The van der Waals surface area contributed by atoms with E-state index in [-0.39, 0.29) is 5.41 Å². The zero-order valence-electron chi connectivity index (χ0n) is 30.7. The van der Waals surface area contributed by atoms with E-state index >= 15 is 0 Å². The average molecular weight is 702 g/mol. The van der Waals surface area contributed by atoms with Crippen molar-refractivity contribution < 1.29 is 0 Å². The Morgan fingerprint density at radius 1 is 0.364 bits per heavy atom. The summed E-state index contributed by atoms with van der Waals surface area (Å²) in [6.45, 7) is 2.38. The van der Waals surface area contributed by atoms with Crippen LogP contribution in [0.4, 0.5) is 17.1 Å². The summed E-state index contributed by atoms with van der Waals surface area (Å²) in [5, 5.41) is 2.42. The van der Waals surface area contributed by atoms with Gasteiger partial charge in [-0.05, 0) is 98.3 Å². The van der Waals surface area contributed by atoms with Gasteiger partial charge in [0.15, 0.2) is 0 Å². The zero-order chi connectivity index (χ0) is 36.8. The van der Waals surface area contributed by atoms with Crippen molar-refractivity contribution in [1.82, 2.24) is 0 Å². The molecule has 0 spiro atoms. The van der Waals surface area contributed by atoms with Crippen LogP contribution in [0.5, 0.6) is 0 Å². The van der Waals surface area contributed by atoms with E-state index in [0.717, 1.165) is 17.1 Å². The van der Waals surface area contributed by atoms with Crippen molar-refractivity contribution in [2.75, 3.05) is 4.90 Å². The van der Waals surface area contributed by atoms with Gasteiger partial charge >= 0.3 is 0 Å². The first-order chi connectivity index (χ1) is 27.2. The van der Waals surface area contributed by atoms with E-state index in [0.29, 0.717) is 0 Å². The van der Waals surface area contributed by atoms with Gasteiger partial charge in [-0.2, -0.15) is 0 Å². The van der Waals surface area contributed by atoms with Crippen LogP contribution < -0.4 is 4.90 Å². The largest absolute Gasteiger partial charge is 0.309 e. The molecule has 0 radical (unpaired) electrons. The van der Waals surface area contributed by atoms with E-state index in [9.17, 15) is 0 Å². The Hall–Kier alpha value is -6.96. The lowest BCUT2D eigenvalue weighted by molar-refractivity contribution is 0.714. The van der Waals surface area contributed by atoms with Gasteiger partial charge in [0.05, 0.1) is 11.4 Å². The minimum absolute atomic E-state index is 0.240. The molecule has 9 aromatic rings. The second-order valence-electron chi connectivity index (χ2n) is 14.6. The number of rotatable bonds is 7. The van der Waals surface area contributed by atoms with Crippen LogP contribution in [0.1, 0.15) is 23.6 Å². The number of nitrogens with zero attached hydrogens (tertiary/aromatic N) is 1. The fourth-order valence-electron chi connectivity index (χ4n) is 8.88. The third-order valence-electron chi connectivity index (χ3n) is 11.6. The lowest BCUT2D eigenvalue weighted by atomic mass is 9.74. The second kappa shape index (κ2) is 13.5. The Morgan fingerprint density at radius 3 is 1.76 bits per heavy atom. The van der Waals surface area contributed by atoms with E-state index in [1.54, 1.807) is 0 Å². The van der Waals surface area contributed by atoms with Crippen molar-refractivity contribution in [2.45, 2.75) is 12.3 Å². The van der Waals surface area contributed by atoms with Crippen molar-refractivity contribution in [1.29, 1.82) is 0 Å². The highest BCUT2D eigenvalue weighted by atomic mass is 15.1. The molecular weight excluding hydrogens is 663 g/mol. The zero-order valence-corrected chi connectivity index (χ0v) is 30.7. The van der Waals surface area contributed by atoms with Crippen LogP contribution in [0, 0.1) is 0 Å². The Labute approximate surface area is 323 Å². The van der Waals surface area contributed by atoms with Gasteiger partial charge in [0.2, 0.25) is 0 Å². The number of benzene rings is 9. The number of hydrogen-bond donors (Lipinski definition) is 0. The van der Waals surface area contributed by atoms with Crippen LogP contribution in [0.15, 0.2) is 218 Å². The van der Waals surface area contributed by atoms with Gasteiger partial charge in [-0.1, -0.05) is 188 Å². The maximum atomic E-state index is 2.44. The predicted molar refractivity (Wildman–Crippen MR) is 232 cm³/mol. The highest BCUT2D eigenvalue weighted by Crippen LogP contribution is 2.55. The quantitative estimate of drug-likeness (QED) is 0.160. The lowest BCUT2D eigenvalue weighted by Gasteiger charge is -2.29. The normalized spacial score (nSPS) is 14.3. The first-order valence-corrected chi connectivity index (χ1v) is 19.1. The molecule has 260 valence electrons. The minimum Gasteiger partial charge on any atom is -0.309 e. The Balaban J connectivity index is 1.13. The molecule has 1 heteroatoms. The molecule has 1 aliphatic carbocycles. The van der Waals surface area contributed by atoms with Gasteiger partial charge in [-0.25, -0.2) is 0 Å². The number of fused-ring (bicyclic) bond motifs is 4. The first kappa shape index (κ1) is 32.7. The van der Waals surface area contributed by atoms with Gasteiger partial charge < -0.3 is 4.90 Å². The first-order valence-electron chi connectivity index (χ1n) is 19.1. The summed E-state index contributed by atoms with van der Waals surface area (Å²) >= 11 is 0. The van der Waals surface area contributed by atoms with Crippen LogP contribution in [-0.4, -0.2) is 0 Å². The molecular formula is C54H39N. The van der Waals surface area contributed by atoms with Crippen LogP contribution in [0.3, 0.4) is 0 Å². The molecule has 0 fully saturated rings. The number of hydrogen-bond acceptors (Lipinski definition) is 1. The molecule has 9 aromatic carbocycles. The van der Waals surface area contributed by atoms with Crippen LogP contribution >= 0.6 is 0 Å². The summed E-state index contributed by atoms with van der Waals surface area (Å²) in [5.41, 5.74) is 17.0. The molecule has 0 heterocycles. The molecule has 0 bridgehead atoms. The van der Waals surface area contributed by atoms with Crippen molar-refractivity contribution in [3.8, 4) is 44.5 Å². The molecule has 0 aliphatic heterocycles. The van der Waals surface area contributed by atoms with Gasteiger partial charge in [-0.3, -0.25) is 0 Å². The highest BCUT2D eigenvalue weighted by Gasteiger charge is 2.41. The summed E-state index contributed by atoms with van der Waals surface area (Å²) in [6, 6.07) is 79.6. The van der Waals surface area contributed by atoms with Crippen LogP contribution in [0.25, 0.3) is 55.3 Å². The van der Waals surface area contributed by atoms with Gasteiger partial charge in [-0.15, -0.1) is 0 Å². The van der Waals surface area contributed by atoms with Gasteiger partial charge in [0.25, 0.3) is 0 Å². The maximum absolute atomic E-state index is 2.44. The Morgan fingerprint density at radius 2 is 0.927 bits per heavy atom. The standard InChI is InChI=1S/C54H39N/c1-54(43-23-6-3-7-24-43)49-29-12-10-27-48(49)53-47(28-16-30-50(53)54)40-33-35-44(36-34-40)55(52-32-15-20-39-19-8-9-25-45(39)52)51-31-13-11-26-46(51)42-22-14-21-41(37-42)38-17-4-2-5-18-38/h2-37H,1H3. The molecule has 0 saturated heterocycles. The van der Waals surface area contributed by atoms with Crippen molar-refractivity contribution in [2.24, 2.45) is 0 Å². The highest BCUT2D eigenvalue weighted by molar-refractivity contribution is 6.01. The molecule has 0 aromatic heterocycles. The number of anilines is 3. The summed E-state index contributed by atoms with van der Waals surface area (Å²) < 4.78 is 0. The van der Waals surface area contributed by atoms with E-state index in [1.165, 1.54) is 72.0 Å². The fraction of sp³-hybridized carbons (Fsp3) is 0.0370. The topological polar surface area (TPSA) is 3.24 Å². The van der Waals surface area contributed by atoms with E-state index in [4.69, 9.17) is 0 Å². The summed E-state index contributed by atoms with van der Waals surface area (Å²) in [6.07, 6.45) is 0. The van der Waals surface area contributed by atoms with Gasteiger partial charge in [0.1, 0.15) is 0 Å². The fourth-order valence-corrected chi connectivity index (χ4v) is 8.88. The van der Waals surface area contributed by atoms with E-state index < -0.39 is 0 Å². The molecule has 10 rings (SSSR count). The van der Waals surface area contributed by atoms with Crippen LogP contribution in [-0.2, 0) is 5.41 Å². The van der Waals surface area contributed by atoms with Crippen molar-refractivity contribution >= 4 is 27.8 Å². The summed E-state index contributed by atoms with van der Waals surface area (Å²) in [4.78, 5) is 2.44. The second-order valence-corrected chi connectivity index (χ2v) is 14.6. The minimum atomic E-state index is -0.240. The third-order valence-corrected chi connectivity index (χ3v) is 11.6. The van der Waals surface area contributed by atoms with Crippen molar-refractivity contribution in [3.05, 3.63) is 235 Å². The molecule has 0 saturated carbocycles. The molecule has 1 atom stereocenters. The molecule has 1 aliphatic rings. The Kier molecular flexibility index (Phi) is 8.00. The average Bonchev–Trinajstić information content (AvgIpc) is 3.54. The number of para-hydroxylation sites is 1. The maximum Gasteiger partial charge on any atom is 0.0540 e. The predicted octanol–water partition coefficient (Wildman–Crippen LogP) is 14.6. The van der Waals surface area contributed by atoms with Gasteiger partial charge in [0, 0.05) is 22.1 Å². The van der Waals surface area contributed by atoms with E-state index in [1.807, 2.05) is 0 Å². The van der Waals surface area contributed by atoms with Crippen molar-refractivity contribution in [3.63, 3.8) is 0 Å². The molecule has 1 unspecified atom stereocenters. The molecule has 0 amide bonds. The summed E-state index contributed by atoms with van der Waals surface area (Å²) in [7, 11) is 0. The smallest absolute Gasteiger partial charge is 0.0540 e. The SMILES string of the molecule is CC1(c2ccccc2)c2ccccc2-c2c(-c3ccc(N(c4ccccc4-c4cccc(-c5ccccc5)c4)c4cccc5ccccc45)cc3)cccc21. The monoisotopic (exact) mass is 701 g/mol. The van der Waals surface area contributed by atoms with Crippen LogP contribution in [0.2, 0.25) is 0 Å².